The van der Waals surface area contributed by atoms with Gasteiger partial charge in [-0.1, -0.05) is 52.7 Å². The normalized spacial score (nSPS) is 11.5. The van der Waals surface area contributed by atoms with Gasteiger partial charge in [0.25, 0.3) is 0 Å². The van der Waals surface area contributed by atoms with E-state index in [4.69, 9.17) is 32.9 Å². The summed E-state index contributed by atoms with van der Waals surface area (Å²) in [6.07, 6.45) is 2.01. The van der Waals surface area contributed by atoms with E-state index < -0.39 is 5.41 Å². The van der Waals surface area contributed by atoms with Gasteiger partial charge in [0, 0.05) is 22.2 Å². The van der Waals surface area contributed by atoms with Crippen LogP contribution in [-0.4, -0.2) is 28.0 Å². The van der Waals surface area contributed by atoms with Gasteiger partial charge in [-0.3, -0.25) is 4.79 Å². The molecule has 0 aliphatic heterocycles. The molecule has 0 fully saturated rings. The fourth-order valence-electron chi connectivity index (χ4n) is 3.30. The zero-order valence-corrected chi connectivity index (χ0v) is 20.0. The molecular formula is C23H20Cl2N4O2S. The molecule has 164 valence electrons. The number of fused-ring (bicyclic) bond motifs is 1. The molecular weight excluding hydrogens is 467 g/mol. The Bertz CT molecular complexity index is 1270. The van der Waals surface area contributed by atoms with Gasteiger partial charge >= 0.3 is 5.97 Å². The molecule has 0 aliphatic carbocycles. The highest BCUT2D eigenvalue weighted by Gasteiger charge is 2.30. The second-order valence-corrected chi connectivity index (χ2v) is 9.56. The van der Waals surface area contributed by atoms with E-state index in [9.17, 15) is 4.79 Å². The number of carbonyl (C=O) groups is 1. The van der Waals surface area contributed by atoms with Crippen molar-refractivity contribution in [2.75, 3.05) is 12.4 Å². The van der Waals surface area contributed by atoms with Gasteiger partial charge in [0.1, 0.15) is 21.7 Å². The average Bonchev–Trinajstić information content (AvgIpc) is 3.20. The number of anilines is 2. The van der Waals surface area contributed by atoms with Crippen molar-refractivity contribution in [2.24, 2.45) is 0 Å². The molecule has 0 spiro atoms. The molecule has 2 aromatic heterocycles. The van der Waals surface area contributed by atoms with E-state index in [-0.39, 0.29) is 5.97 Å². The number of benzene rings is 2. The van der Waals surface area contributed by atoms with Crippen LogP contribution in [0.3, 0.4) is 0 Å². The zero-order valence-electron chi connectivity index (χ0n) is 17.6. The van der Waals surface area contributed by atoms with Crippen LogP contribution in [-0.2, 0) is 21.4 Å². The molecule has 0 saturated carbocycles. The molecule has 2 aromatic carbocycles. The van der Waals surface area contributed by atoms with Crippen molar-refractivity contribution >= 4 is 62.4 Å². The van der Waals surface area contributed by atoms with Crippen molar-refractivity contribution in [1.82, 2.24) is 15.0 Å². The maximum absolute atomic E-state index is 12.1. The average molecular weight is 487 g/mol. The van der Waals surface area contributed by atoms with Gasteiger partial charge in [-0.15, -0.1) is 0 Å². The number of methoxy groups -OCH3 is 1. The van der Waals surface area contributed by atoms with Crippen molar-refractivity contribution in [3.63, 3.8) is 0 Å². The van der Waals surface area contributed by atoms with Crippen LogP contribution in [0.1, 0.15) is 30.0 Å². The number of ether oxygens (including phenoxy) is 1. The van der Waals surface area contributed by atoms with E-state index >= 15 is 0 Å². The van der Waals surface area contributed by atoms with Crippen LogP contribution in [0, 0.1) is 0 Å². The number of carbonyl (C=O) groups excluding carboxylic acids is 1. The summed E-state index contributed by atoms with van der Waals surface area (Å²) in [5.41, 5.74) is 2.45. The minimum Gasteiger partial charge on any atom is -0.468 e. The Balaban J connectivity index is 1.60. The lowest BCUT2D eigenvalue weighted by atomic mass is 9.85. The Kier molecular flexibility index (Phi) is 6.33. The topological polar surface area (TPSA) is 77.0 Å². The Morgan fingerprint density at radius 2 is 1.78 bits per heavy atom. The summed E-state index contributed by atoms with van der Waals surface area (Å²) in [5, 5.41) is 5.35. The highest BCUT2D eigenvalue weighted by atomic mass is 35.5. The molecule has 4 aromatic rings. The number of thiazole rings is 1. The first kappa shape index (κ1) is 22.5. The van der Waals surface area contributed by atoms with Gasteiger partial charge in [-0.2, -0.15) is 0 Å². The molecule has 4 rings (SSSR count). The zero-order chi connectivity index (χ0) is 22.9. The highest BCUT2D eigenvalue weighted by molar-refractivity contribution is 7.18. The number of hydrogen-bond acceptors (Lipinski definition) is 7. The quantitative estimate of drug-likeness (QED) is 0.328. The van der Waals surface area contributed by atoms with E-state index in [1.165, 1.54) is 24.8 Å². The van der Waals surface area contributed by atoms with Crippen LogP contribution < -0.4 is 5.32 Å². The van der Waals surface area contributed by atoms with E-state index in [0.717, 1.165) is 26.7 Å². The van der Waals surface area contributed by atoms with Gasteiger partial charge in [0.2, 0.25) is 0 Å². The van der Waals surface area contributed by atoms with Crippen molar-refractivity contribution in [2.45, 2.75) is 25.7 Å². The number of nitrogens with zero attached hydrogens (tertiary/aromatic N) is 3. The summed E-state index contributed by atoms with van der Waals surface area (Å²) in [7, 11) is 1.39. The Morgan fingerprint density at radius 3 is 2.44 bits per heavy atom. The first-order valence-corrected chi connectivity index (χ1v) is 11.4. The van der Waals surface area contributed by atoms with Crippen LogP contribution in [0.25, 0.3) is 10.3 Å². The molecule has 0 unspecified atom stereocenters. The Labute approximate surface area is 199 Å². The first-order valence-electron chi connectivity index (χ1n) is 9.79. The van der Waals surface area contributed by atoms with Crippen molar-refractivity contribution < 1.29 is 9.53 Å². The molecule has 1 N–H and O–H groups in total. The lowest BCUT2D eigenvalue weighted by Crippen LogP contribution is -2.30. The fraction of sp³-hybridized carbons (Fsp3) is 0.217. The smallest absolute Gasteiger partial charge is 0.315 e. The molecule has 0 saturated heterocycles. The maximum Gasteiger partial charge on any atom is 0.315 e. The number of hydrogen-bond donors (Lipinski definition) is 1. The van der Waals surface area contributed by atoms with E-state index in [1.54, 1.807) is 0 Å². The molecule has 0 amide bonds. The van der Waals surface area contributed by atoms with E-state index in [2.05, 4.69) is 15.3 Å². The number of halogens is 2. The van der Waals surface area contributed by atoms with Gasteiger partial charge < -0.3 is 10.1 Å². The standard InChI is InChI=1S/C23H20Cl2N4O2S/c1-23(2,22(30)31-3)13-7-9-14(10-8-13)28-20-19-21(27-12-26-20)32-18(29-19)11-15-16(24)5-4-6-17(15)25/h4-10,12H,11H2,1-3H3,(H,26,27,28). The predicted molar refractivity (Wildman–Crippen MR) is 129 cm³/mol. The molecule has 0 bridgehead atoms. The monoisotopic (exact) mass is 486 g/mol. The second kappa shape index (κ2) is 9.02. The third-order valence-corrected chi connectivity index (χ3v) is 6.87. The number of esters is 1. The number of nitrogens with one attached hydrogen (secondary N) is 1. The van der Waals surface area contributed by atoms with Gasteiger partial charge in [0.05, 0.1) is 12.5 Å². The van der Waals surface area contributed by atoms with E-state index in [1.807, 2.05) is 56.3 Å². The van der Waals surface area contributed by atoms with Crippen molar-refractivity contribution in [3.05, 3.63) is 75.0 Å². The fourth-order valence-corrected chi connectivity index (χ4v) is 4.74. The van der Waals surface area contributed by atoms with Gasteiger partial charge in [-0.25, -0.2) is 15.0 Å². The van der Waals surface area contributed by atoms with E-state index in [0.29, 0.717) is 27.8 Å². The predicted octanol–water partition coefficient (Wildman–Crippen LogP) is 6.18. The van der Waals surface area contributed by atoms with Crippen LogP contribution in [0.5, 0.6) is 0 Å². The first-order chi connectivity index (χ1) is 15.3. The highest BCUT2D eigenvalue weighted by Crippen LogP contribution is 2.32. The van der Waals surface area contributed by atoms with Crippen molar-refractivity contribution in [3.8, 4) is 0 Å². The summed E-state index contributed by atoms with van der Waals surface area (Å²) in [5.74, 6) is 0.312. The lowest BCUT2D eigenvalue weighted by Gasteiger charge is -2.22. The SMILES string of the molecule is COC(=O)C(C)(C)c1ccc(Nc2ncnc3sc(Cc4c(Cl)cccc4Cl)nc23)cc1. The third kappa shape index (κ3) is 4.41. The molecule has 9 heteroatoms. The summed E-state index contributed by atoms with van der Waals surface area (Å²) >= 11 is 14.1. The van der Waals surface area contributed by atoms with Crippen LogP contribution >= 0.6 is 34.5 Å². The Hall–Kier alpha value is -2.74. The van der Waals surface area contributed by atoms with Crippen LogP contribution in [0.4, 0.5) is 11.5 Å². The molecule has 2 heterocycles. The lowest BCUT2D eigenvalue weighted by molar-refractivity contribution is -0.146. The summed E-state index contributed by atoms with van der Waals surface area (Å²) in [6, 6.07) is 13.0. The third-order valence-electron chi connectivity index (χ3n) is 5.19. The summed E-state index contributed by atoms with van der Waals surface area (Å²) in [6.45, 7) is 3.66. The Morgan fingerprint density at radius 1 is 1.09 bits per heavy atom. The largest absolute Gasteiger partial charge is 0.468 e. The summed E-state index contributed by atoms with van der Waals surface area (Å²) in [4.78, 5) is 26.3. The van der Waals surface area contributed by atoms with Crippen LogP contribution in [0.15, 0.2) is 48.8 Å². The van der Waals surface area contributed by atoms with Gasteiger partial charge in [-0.05, 0) is 49.2 Å². The minimum atomic E-state index is -0.737. The molecule has 0 aliphatic rings. The van der Waals surface area contributed by atoms with Gasteiger partial charge in [0.15, 0.2) is 5.82 Å². The maximum atomic E-state index is 12.1. The molecule has 0 atom stereocenters. The number of rotatable bonds is 6. The molecule has 0 radical (unpaired) electrons. The van der Waals surface area contributed by atoms with Crippen LogP contribution in [0.2, 0.25) is 10.0 Å². The minimum absolute atomic E-state index is 0.288. The number of aromatic nitrogens is 3. The second-order valence-electron chi connectivity index (χ2n) is 7.68. The molecule has 32 heavy (non-hydrogen) atoms. The summed E-state index contributed by atoms with van der Waals surface area (Å²) < 4.78 is 4.91. The van der Waals surface area contributed by atoms with Crippen molar-refractivity contribution in [1.29, 1.82) is 0 Å². The molecule has 6 nitrogen and oxygen atoms in total.